The lowest BCUT2D eigenvalue weighted by atomic mass is 10.0. The number of hydrogen-bond donors (Lipinski definition) is 0. The first-order valence-corrected chi connectivity index (χ1v) is 18.8. The summed E-state index contributed by atoms with van der Waals surface area (Å²) in [5.74, 6) is 1.92. The predicted molar refractivity (Wildman–Crippen MR) is 231 cm³/mol. The van der Waals surface area contributed by atoms with E-state index in [4.69, 9.17) is 15.0 Å². The number of aromatic nitrogens is 4. The van der Waals surface area contributed by atoms with E-state index in [2.05, 4.69) is 161 Å². The third-order valence-corrected chi connectivity index (χ3v) is 10.2. The first kappa shape index (κ1) is 33.0. The van der Waals surface area contributed by atoms with E-state index in [9.17, 15) is 0 Å². The van der Waals surface area contributed by atoms with E-state index in [0.717, 1.165) is 67.0 Å². The van der Waals surface area contributed by atoms with Crippen LogP contribution in [0, 0.1) is 0 Å². The third-order valence-electron chi connectivity index (χ3n) is 10.2. The van der Waals surface area contributed by atoms with Crippen molar-refractivity contribution in [1.82, 2.24) is 19.5 Å². The maximum Gasteiger partial charge on any atom is 0.164 e. The van der Waals surface area contributed by atoms with Gasteiger partial charge in [-0.1, -0.05) is 146 Å². The fraction of sp³-hybridized carbons (Fsp3) is 0. The molecule has 5 heteroatoms. The zero-order valence-corrected chi connectivity index (χ0v) is 30.4. The molecule has 0 fully saturated rings. The standard InChI is InChI=1S/C51H35N5/c1-6-16-37(17-7-1)49-52-50(38-18-8-2-9-19-38)54-51(53-49)40-28-32-45-46-34-39(29-33-47(46)56(48(45)35-40)43-24-14-5-15-25-43)36-26-30-44(31-27-36)55(41-20-10-3-11-21-41)42-22-12-4-13-23-42/h1-35H. The normalized spacial score (nSPS) is 11.2. The fourth-order valence-electron chi connectivity index (χ4n) is 7.54. The van der Waals surface area contributed by atoms with Crippen molar-refractivity contribution >= 4 is 38.9 Å². The monoisotopic (exact) mass is 717 g/mol. The minimum Gasteiger partial charge on any atom is -0.311 e. The molecule has 2 heterocycles. The van der Waals surface area contributed by atoms with Gasteiger partial charge in [-0.25, -0.2) is 15.0 Å². The summed E-state index contributed by atoms with van der Waals surface area (Å²) in [5, 5.41) is 2.34. The topological polar surface area (TPSA) is 46.8 Å². The molecule has 264 valence electrons. The maximum atomic E-state index is 5.04. The van der Waals surface area contributed by atoms with Gasteiger partial charge in [0.05, 0.1) is 11.0 Å². The van der Waals surface area contributed by atoms with Crippen LogP contribution < -0.4 is 4.90 Å². The Morgan fingerprint density at radius 2 is 0.750 bits per heavy atom. The highest BCUT2D eigenvalue weighted by molar-refractivity contribution is 6.11. The van der Waals surface area contributed by atoms with Crippen molar-refractivity contribution in [2.24, 2.45) is 0 Å². The van der Waals surface area contributed by atoms with E-state index < -0.39 is 0 Å². The molecule has 0 aliphatic rings. The number of rotatable bonds is 8. The Morgan fingerprint density at radius 1 is 0.304 bits per heavy atom. The van der Waals surface area contributed by atoms with Crippen LogP contribution in [0.3, 0.4) is 0 Å². The van der Waals surface area contributed by atoms with Gasteiger partial charge in [0.15, 0.2) is 17.5 Å². The van der Waals surface area contributed by atoms with Crippen LogP contribution in [0.15, 0.2) is 212 Å². The molecule has 0 bridgehead atoms. The average Bonchev–Trinajstić information content (AvgIpc) is 3.61. The number of benzene rings is 8. The van der Waals surface area contributed by atoms with Gasteiger partial charge in [0, 0.05) is 50.2 Å². The number of para-hydroxylation sites is 3. The molecule has 0 atom stereocenters. The Hall–Kier alpha value is -7.63. The lowest BCUT2D eigenvalue weighted by Crippen LogP contribution is -2.09. The van der Waals surface area contributed by atoms with E-state index in [1.54, 1.807) is 0 Å². The maximum absolute atomic E-state index is 5.04. The highest BCUT2D eigenvalue weighted by atomic mass is 15.1. The Morgan fingerprint density at radius 3 is 1.30 bits per heavy atom. The molecule has 10 rings (SSSR count). The number of nitrogens with zero attached hydrogens (tertiary/aromatic N) is 5. The van der Waals surface area contributed by atoms with Crippen LogP contribution in [0.4, 0.5) is 17.1 Å². The zero-order chi connectivity index (χ0) is 37.3. The second kappa shape index (κ2) is 14.3. The molecule has 8 aromatic carbocycles. The molecular formula is C51H35N5. The molecule has 56 heavy (non-hydrogen) atoms. The molecule has 0 spiro atoms. The van der Waals surface area contributed by atoms with Crippen LogP contribution in [0.2, 0.25) is 0 Å². The van der Waals surface area contributed by atoms with Gasteiger partial charge in [-0.3, -0.25) is 0 Å². The quantitative estimate of drug-likeness (QED) is 0.157. The van der Waals surface area contributed by atoms with Crippen molar-refractivity contribution < 1.29 is 0 Å². The lowest BCUT2D eigenvalue weighted by molar-refractivity contribution is 1.07. The molecular weight excluding hydrogens is 683 g/mol. The number of hydrogen-bond acceptors (Lipinski definition) is 4. The molecule has 0 radical (unpaired) electrons. The highest BCUT2D eigenvalue weighted by Gasteiger charge is 2.18. The predicted octanol–water partition coefficient (Wildman–Crippen LogP) is 13.1. The van der Waals surface area contributed by atoms with Crippen LogP contribution in [0.25, 0.3) is 72.8 Å². The van der Waals surface area contributed by atoms with Gasteiger partial charge in [0.25, 0.3) is 0 Å². The molecule has 0 aliphatic heterocycles. The summed E-state index contributed by atoms with van der Waals surface area (Å²) in [4.78, 5) is 17.3. The molecule has 10 aromatic rings. The smallest absolute Gasteiger partial charge is 0.164 e. The van der Waals surface area contributed by atoms with E-state index in [1.807, 2.05) is 60.7 Å². The summed E-state index contributed by atoms with van der Waals surface area (Å²) in [6.07, 6.45) is 0. The average molecular weight is 718 g/mol. The Balaban J connectivity index is 1.10. The van der Waals surface area contributed by atoms with E-state index in [1.165, 1.54) is 5.39 Å². The van der Waals surface area contributed by atoms with Gasteiger partial charge in [0.1, 0.15) is 0 Å². The summed E-state index contributed by atoms with van der Waals surface area (Å²) in [6.45, 7) is 0. The van der Waals surface area contributed by atoms with E-state index in [0.29, 0.717) is 17.5 Å². The molecule has 2 aromatic heterocycles. The van der Waals surface area contributed by atoms with Gasteiger partial charge in [-0.15, -0.1) is 0 Å². The molecule has 5 nitrogen and oxygen atoms in total. The first-order chi connectivity index (χ1) is 27.8. The van der Waals surface area contributed by atoms with Crippen molar-refractivity contribution in [3.05, 3.63) is 212 Å². The first-order valence-electron chi connectivity index (χ1n) is 18.8. The SMILES string of the molecule is c1ccc(-c2nc(-c3ccccc3)nc(-c3ccc4c5cc(-c6ccc(N(c7ccccc7)c7ccccc7)cc6)ccc5n(-c5ccccc5)c4c3)n2)cc1. The van der Waals surface area contributed by atoms with Crippen LogP contribution in [-0.2, 0) is 0 Å². The Kier molecular flexibility index (Phi) is 8.43. The van der Waals surface area contributed by atoms with Crippen LogP contribution in [0.5, 0.6) is 0 Å². The van der Waals surface area contributed by atoms with Crippen LogP contribution in [0.1, 0.15) is 0 Å². The molecule has 0 saturated carbocycles. The van der Waals surface area contributed by atoms with E-state index >= 15 is 0 Å². The lowest BCUT2D eigenvalue weighted by Gasteiger charge is -2.25. The van der Waals surface area contributed by atoms with Crippen molar-refractivity contribution in [2.45, 2.75) is 0 Å². The summed E-state index contributed by atoms with van der Waals surface area (Å²) < 4.78 is 2.34. The number of fused-ring (bicyclic) bond motifs is 3. The molecule has 0 aliphatic carbocycles. The Bertz CT molecular complexity index is 2830. The molecule has 0 unspecified atom stereocenters. The van der Waals surface area contributed by atoms with E-state index in [-0.39, 0.29) is 0 Å². The largest absolute Gasteiger partial charge is 0.311 e. The summed E-state index contributed by atoms with van der Waals surface area (Å²) in [7, 11) is 0. The highest BCUT2D eigenvalue weighted by Crippen LogP contribution is 2.39. The van der Waals surface area contributed by atoms with Gasteiger partial charge >= 0.3 is 0 Å². The van der Waals surface area contributed by atoms with Crippen LogP contribution >= 0.6 is 0 Å². The van der Waals surface area contributed by atoms with Gasteiger partial charge in [-0.05, 0) is 77.9 Å². The second-order valence-electron chi connectivity index (χ2n) is 13.7. The minimum atomic E-state index is 0.630. The van der Waals surface area contributed by atoms with Gasteiger partial charge in [-0.2, -0.15) is 0 Å². The zero-order valence-electron chi connectivity index (χ0n) is 30.4. The number of anilines is 3. The van der Waals surface area contributed by atoms with Gasteiger partial charge < -0.3 is 9.47 Å². The van der Waals surface area contributed by atoms with Gasteiger partial charge in [0.2, 0.25) is 0 Å². The van der Waals surface area contributed by atoms with Crippen molar-refractivity contribution in [3.8, 4) is 51.0 Å². The summed E-state index contributed by atoms with van der Waals surface area (Å²) in [5.41, 5.74) is 11.8. The van der Waals surface area contributed by atoms with Crippen molar-refractivity contribution in [3.63, 3.8) is 0 Å². The van der Waals surface area contributed by atoms with Crippen molar-refractivity contribution in [1.29, 1.82) is 0 Å². The Labute approximate surface area is 325 Å². The molecule has 0 amide bonds. The van der Waals surface area contributed by atoms with Crippen LogP contribution in [-0.4, -0.2) is 19.5 Å². The minimum absolute atomic E-state index is 0.630. The summed E-state index contributed by atoms with van der Waals surface area (Å²) >= 11 is 0. The molecule has 0 saturated heterocycles. The molecule has 0 N–H and O–H groups in total. The third kappa shape index (κ3) is 6.17. The fourth-order valence-corrected chi connectivity index (χ4v) is 7.54. The summed E-state index contributed by atoms with van der Waals surface area (Å²) in [6, 6.07) is 74.0. The second-order valence-corrected chi connectivity index (χ2v) is 13.7. The van der Waals surface area contributed by atoms with Crippen molar-refractivity contribution in [2.75, 3.05) is 4.90 Å².